The summed E-state index contributed by atoms with van der Waals surface area (Å²) in [5.74, 6) is -0.985. The molecule has 0 amide bonds. The van der Waals surface area contributed by atoms with Gasteiger partial charge in [0.1, 0.15) is 0 Å². The Labute approximate surface area is 119 Å². The van der Waals surface area contributed by atoms with E-state index in [1.165, 1.54) is 5.56 Å². The van der Waals surface area contributed by atoms with Crippen LogP contribution in [0.1, 0.15) is 24.5 Å². The van der Waals surface area contributed by atoms with Gasteiger partial charge in [0.25, 0.3) is 0 Å². The van der Waals surface area contributed by atoms with E-state index in [0.29, 0.717) is 5.56 Å². The molecule has 0 aliphatic carbocycles. The Balaban J connectivity index is 2.21. The Morgan fingerprint density at radius 3 is 1.95 bits per heavy atom. The minimum absolute atomic E-state index is 0.120. The predicted molar refractivity (Wildman–Crippen MR) is 82.5 cm³/mol. The second kappa shape index (κ2) is 6.20. The van der Waals surface area contributed by atoms with Gasteiger partial charge in [0.05, 0.1) is 5.57 Å². The molecule has 0 heterocycles. The quantitative estimate of drug-likeness (QED) is 0.814. The number of hydrogen-bond donors (Lipinski definition) is 1. The second-order valence-electron chi connectivity index (χ2n) is 4.81. The smallest absolute Gasteiger partial charge is 0.335 e. The van der Waals surface area contributed by atoms with Crippen LogP contribution >= 0.6 is 0 Å². The predicted octanol–water partition coefficient (Wildman–Crippen LogP) is 4.40. The van der Waals surface area contributed by atoms with Crippen molar-refractivity contribution in [2.75, 3.05) is 0 Å². The first-order chi connectivity index (χ1) is 9.61. The number of carboxylic acid groups (broad SMARTS) is 1. The number of rotatable bonds is 5. The number of carbonyl (C=O) groups is 1. The van der Waals surface area contributed by atoms with E-state index < -0.39 is 5.97 Å². The average Bonchev–Trinajstić information content (AvgIpc) is 2.48. The van der Waals surface area contributed by atoms with Gasteiger partial charge in [-0.1, -0.05) is 68.5 Å². The molecule has 1 N–H and O–H groups in total. The van der Waals surface area contributed by atoms with Gasteiger partial charge < -0.3 is 5.11 Å². The first-order valence-electron chi connectivity index (χ1n) is 6.73. The lowest BCUT2D eigenvalue weighted by atomic mass is 9.99. The van der Waals surface area contributed by atoms with E-state index in [1.807, 2.05) is 12.1 Å². The molecule has 2 nitrogen and oxygen atoms in total. The second-order valence-corrected chi connectivity index (χ2v) is 4.81. The summed E-state index contributed by atoms with van der Waals surface area (Å²) >= 11 is 0. The number of carboxylic acids is 1. The van der Waals surface area contributed by atoms with Crippen LogP contribution in [0.2, 0.25) is 0 Å². The highest BCUT2D eigenvalue weighted by molar-refractivity contribution is 6.14. The molecule has 0 aromatic heterocycles. The Bertz CT molecular complexity index is 607. The molecule has 0 aliphatic heterocycles. The molecule has 0 atom stereocenters. The molecular formula is C18H18O2. The summed E-state index contributed by atoms with van der Waals surface area (Å²) in [4.78, 5) is 10.9. The summed E-state index contributed by atoms with van der Waals surface area (Å²) in [6.45, 7) is 5.73. The van der Waals surface area contributed by atoms with Crippen molar-refractivity contribution in [2.45, 2.75) is 19.8 Å². The van der Waals surface area contributed by atoms with Crippen molar-refractivity contribution in [3.8, 4) is 11.1 Å². The number of benzene rings is 2. The molecule has 20 heavy (non-hydrogen) atoms. The van der Waals surface area contributed by atoms with Gasteiger partial charge in [-0.2, -0.15) is 0 Å². The van der Waals surface area contributed by atoms with Crippen LogP contribution in [0.4, 0.5) is 0 Å². The molecule has 2 aromatic rings. The summed E-state index contributed by atoms with van der Waals surface area (Å²) in [6, 6.07) is 15.9. The van der Waals surface area contributed by atoms with Crippen molar-refractivity contribution in [3.63, 3.8) is 0 Å². The standard InChI is InChI=1S/C18H18O2/c1-3-4-14-5-7-16(8-6-14)17-11-9-15(10-12-17)13(2)18(19)20/h5-12H,2-4H2,1H3,(H,19,20). The fourth-order valence-corrected chi connectivity index (χ4v) is 2.14. The molecule has 0 fully saturated rings. The maximum Gasteiger partial charge on any atom is 0.335 e. The SMILES string of the molecule is C=C(C(=O)O)c1ccc(-c2ccc(CCC)cc2)cc1. The molecule has 0 aliphatic rings. The van der Waals surface area contributed by atoms with Gasteiger partial charge in [0.15, 0.2) is 0 Å². The molecule has 0 spiro atoms. The normalized spacial score (nSPS) is 10.2. The number of aliphatic carboxylic acids is 1. The third-order valence-electron chi connectivity index (χ3n) is 3.32. The van der Waals surface area contributed by atoms with Crippen molar-refractivity contribution >= 4 is 11.5 Å². The molecule has 102 valence electrons. The highest BCUT2D eigenvalue weighted by Gasteiger charge is 2.07. The topological polar surface area (TPSA) is 37.3 Å². The first kappa shape index (κ1) is 14.1. The first-order valence-corrected chi connectivity index (χ1v) is 6.73. The van der Waals surface area contributed by atoms with Crippen molar-refractivity contribution in [3.05, 3.63) is 66.2 Å². The van der Waals surface area contributed by atoms with Gasteiger partial charge in [-0.3, -0.25) is 0 Å². The zero-order chi connectivity index (χ0) is 14.5. The lowest BCUT2D eigenvalue weighted by Gasteiger charge is -2.06. The van der Waals surface area contributed by atoms with E-state index in [2.05, 4.69) is 37.8 Å². The van der Waals surface area contributed by atoms with Gasteiger partial charge in [0, 0.05) is 0 Å². The van der Waals surface area contributed by atoms with Crippen LogP contribution in [0.3, 0.4) is 0 Å². The third kappa shape index (κ3) is 3.15. The van der Waals surface area contributed by atoms with Crippen LogP contribution in [-0.4, -0.2) is 11.1 Å². The molecule has 2 rings (SSSR count). The minimum atomic E-state index is -0.985. The summed E-state index contributed by atoms with van der Waals surface area (Å²) in [6.07, 6.45) is 2.24. The Hall–Kier alpha value is -2.35. The Morgan fingerprint density at radius 2 is 1.50 bits per heavy atom. The van der Waals surface area contributed by atoms with Gasteiger partial charge in [0.2, 0.25) is 0 Å². The van der Waals surface area contributed by atoms with Crippen LogP contribution in [0.15, 0.2) is 55.1 Å². The number of hydrogen-bond acceptors (Lipinski definition) is 1. The minimum Gasteiger partial charge on any atom is -0.478 e. The van der Waals surface area contributed by atoms with Gasteiger partial charge in [-0.05, 0) is 28.7 Å². The van der Waals surface area contributed by atoms with E-state index in [-0.39, 0.29) is 5.57 Å². The Kier molecular flexibility index (Phi) is 4.36. The Morgan fingerprint density at radius 1 is 1.00 bits per heavy atom. The fraction of sp³-hybridized carbons (Fsp3) is 0.167. The molecule has 0 unspecified atom stereocenters. The van der Waals surface area contributed by atoms with Crippen LogP contribution in [-0.2, 0) is 11.2 Å². The molecule has 2 aromatic carbocycles. The molecule has 2 heteroatoms. The van der Waals surface area contributed by atoms with Crippen molar-refractivity contribution < 1.29 is 9.90 Å². The van der Waals surface area contributed by atoms with Gasteiger partial charge in [-0.15, -0.1) is 0 Å². The largest absolute Gasteiger partial charge is 0.478 e. The number of aryl methyl sites for hydroxylation is 1. The third-order valence-corrected chi connectivity index (χ3v) is 3.32. The fourth-order valence-electron chi connectivity index (χ4n) is 2.14. The van der Waals surface area contributed by atoms with Crippen LogP contribution in [0.25, 0.3) is 16.7 Å². The summed E-state index contributed by atoms with van der Waals surface area (Å²) < 4.78 is 0. The molecule has 0 saturated heterocycles. The van der Waals surface area contributed by atoms with Gasteiger partial charge >= 0.3 is 5.97 Å². The summed E-state index contributed by atoms with van der Waals surface area (Å²) in [5.41, 5.74) is 4.32. The molecule has 0 saturated carbocycles. The highest BCUT2D eigenvalue weighted by atomic mass is 16.4. The van der Waals surface area contributed by atoms with Crippen molar-refractivity contribution in [1.29, 1.82) is 0 Å². The average molecular weight is 266 g/mol. The molecule has 0 bridgehead atoms. The van der Waals surface area contributed by atoms with Gasteiger partial charge in [-0.25, -0.2) is 4.79 Å². The maximum atomic E-state index is 10.9. The lowest BCUT2D eigenvalue weighted by Crippen LogP contribution is -1.97. The maximum absolute atomic E-state index is 10.9. The van der Waals surface area contributed by atoms with Crippen molar-refractivity contribution in [1.82, 2.24) is 0 Å². The lowest BCUT2D eigenvalue weighted by molar-refractivity contribution is -0.130. The van der Waals surface area contributed by atoms with E-state index in [9.17, 15) is 4.79 Å². The van der Waals surface area contributed by atoms with Crippen LogP contribution in [0.5, 0.6) is 0 Å². The van der Waals surface area contributed by atoms with E-state index in [0.717, 1.165) is 24.0 Å². The highest BCUT2D eigenvalue weighted by Crippen LogP contribution is 2.22. The van der Waals surface area contributed by atoms with Crippen LogP contribution < -0.4 is 0 Å². The zero-order valence-electron chi connectivity index (χ0n) is 11.6. The molecule has 0 radical (unpaired) electrons. The summed E-state index contributed by atoms with van der Waals surface area (Å²) in [7, 11) is 0. The zero-order valence-corrected chi connectivity index (χ0v) is 11.6. The monoisotopic (exact) mass is 266 g/mol. The summed E-state index contributed by atoms with van der Waals surface area (Å²) in [5, 5.41) is 8.90. The molecular weight excluding hydrogens is 248 g/mol. The van der Waals surface area contributed by atoms with Crippen molar-refractivity contribution in [2.24, 2.45) is 0 Å². The van der Waals surface area contributed by atoms with E-state index in [4.69, 9.17) is 5.11 Å². The van der Waals surface area contributed by atoms with Crippen LogP contribution in [0, 0.1) is 0 Å². The van der Waals surface area contributed by atoms with E-state index >= 15 is 0 Å². The van der Waals surface area contributed by atoms with E-state index in [1.54, 1.807) is 12.1 Å².